The summed E-state index contributed by atoms with van der Waals surface area (Å²) >= 11 is 5.41. The van der Waals surface area contributed by atoms with Crippen molar-refractivity contribution in [1.29, 1.82) is 0 Å². The van der Waals surface area contributed by atoms with Gasteiger partial charge in [0.25, 0.3) is 5.91 Å². The van der Waals surface area contributed by atoms with Gasteiger partial charge in [-0.05, 0) is 55.7 Å². The average Bonchev–Trinajstić information content (AvgIpc) is 2.97. The molecule has 1 heterocycles. The van der Waals surface area contributed by atoms with Gasteiger partial charge in [0.15, 0.2) is 10.6 Å². The highest BCUT2D eigenvalue weighted by molar-refractivity contribution is 7.71. The number of nitrogens with one attached hydrogen (secondary N) is 2. The van der Waals surface area contributed by atoms with E-state index in [-0.39, 0.29) is 24.9 Å². The standard InChI is InChI=1S/C22H25N5O2S/c1-14-8-5-6-11-17(14)21(29)23-12-18-25-27(22(30)26(18)4)13-19(28)24-20-15(2)9-7-10-16(20)3/h5-11H,12-13H2,1-4H3,(H,23,29)(H,24,28). The number of aryl methyl sites for hydroxylation is 3. The zero-order valence-corrected chi connectivity index (χ0v) is 18.3. The second-order valence-corrected chi connectivity index (χ2v) is 7.59. The summed E-state index contributed by atoms with van der Waals surface area (Å²) < 4.78 is 3.57. The summed E-state index contributed by atoms with van der Waals surface area (Å²) in [5.74, 6) is 0.181. The Balaban J connectivity index is 1.69. The Hall–Kier alpha value is -3.26. The number of aromatic nitrogens is 3. The molecule has 8 heteroatoms. The number of anilines is 1. The molecule has 0 unspecified atom stereocenters. The summed E-state index contributed by atoms with van der Waals surface area (Å²) in [6, 6.07) is 13.2. The number of hydrogen-bond donors (Lipinski definition) is 2. The number of benzene rings is 2. The van der Waals surface area contributed by atoms with Gasteiger partial charge >= 0.3 is 0 Å². The van der Waals surface area contributed by atoms with Crippen LogP contribution in [0.25, 0.3) is 0 Å². The highest BCUT2D eigenvalue weighted by atomic mass is 32.1. The molecule has 0 aliphatic carbocycles. The third kappa shape index (κ3) is 4.65. The van der Waals surface area contributed by atoms with Crippen LogP contribution in [0.2, 0.25) is 0 Å². The molecule has 3 aromatic rings. The van der Waals surface area contributed by atoms with Gasteiger partial charge < -0.3 is 15.2 Å². The molecule has 1 aromatic heterocycles. The van der Waals surface area contributed by atoms with Crippen LogP contribution >= 0.6 is 12.2 Å². The van der Waals surface area contributed by atoms with Gasteiger partial charge in [-0.25, -0.2) is 4.68 Å². The van der Waals surface area contributed by atoms with Gasteiger partial charge in [0.05, 0.1) is 6.54 Å². The summed E-state index contributed by atoms with van der Waals surface area (Å²) in [5, 5.41) is 10.2. The summed E-state index contributed by atoms with van der Waals surface area (Å²) in [7, 11) is 1.77. The topological polar surface area (TPSA) is 80.9 Å². The van der Waals surface area contributed by atoms with Crippen molar-refractivity contribution in [3.8, 4) is 0 Å². The Bertz CT molecular complexity index is 1140. The van der Waals surface area contributed by atoms with Crippen LogP contribution in [0, 0.1) is 25.5 Å². The molecule has 0 atom stereocenters. The minimum absolute atomic E-state index is 0.00775. The van der Waals surface area contributed by atoms with Crippen LogP contribution in [0.3, 0.4) is 0 Å². The second-order valence-electron chi connectivity index (χ2n) is 7.23. The van der Waals surface area contributed by atoms with Crippen LogP contribution in [-0.4, -0.2) is 26.2 Å². The molecule has 3 rings (SSSR count). The van der Waals surface area contributed by atoms with Gasteiger partial charge in [-0.3, -0.25) is 9.59 Å². The van der Waals surface area contributed by atoms with Crippen LogP contribution < -0.4 is 10.6 Å². The lowest BCUT2D eigenvalue weighted by molar-refractivity contribution is -0.116. The maximum atomic E-state index is 12.6. The Morgan fingerprint density at radius 2 is 1.63 bits per heavy atom. The fourth-order valence-corrected chi connectivity index (χ4v) is 3.41. The van der Waals surface area contributed by atoms with Crippen LogP contribution in [-0.2, 0) is 24.9 Å². The van der Waals surface area contributed by atoms with Gasteiger partial charge in [0, 0.05) is 18.3 Å². The molecule has 0 spiro atoms. The molecule has 7 nitrogen and oxygen atoms in total. The van der Waals surface area contributed by atoms with Crippen molar-refractivity contribution in [1.82, 2.24) is 19.7 Å². The predicted molar refractivity (Wildman–Crippen MR) is 119 cm³/mol. The molecular weight excluding hydrogens is 398 g/mol. The fourth-order valence-electron chi connectivity index (χ4n) is 3.20. The van der Waals surface area contributed by atoms with Crippen molar-refractivity contribution in [2.24, 2.45) is 7.05 Å². The van der Waals surface area contributed by atoms with E-state index in [1.807, 2.05) is 57.2 Å². The minimum Gasteiger partial charge on any atom is -0.345 e. The molecule has 30 heavy (non-hydrogen) atoms. The maximum absolute atomic E-state index is 12.6. The van der Waals surface area contributed by atoms with Gasteiger partial charge in [-0.15, -0.1) is 0 Å². The number of amides is 2. The van der Waals surface area contributed by atoms with E-state index in [1.165, 1.54) is 4.68 Å². The predicted octanol–water partition coefficient (Wildman–Crippen LogP) is 3.45. The molecule has 0 bridgehead atoms. The highest BCUT2D eigenvalue weighted by Crippen LogP contribution is 2.19. The largest absolute Gasteiger partial charge is 0.345 e. The number of para-hydroxylation sites is 1. The zero-order valence-electron chi connectivity index (χ0n) is 17.5. The van der Waals surface area contributed by atoms with Crippen LogP contribution in [0.15, 0.2) is 42.5 Å². The van der Waals surface area contributed by atoms with E-state index in [0.717, 1.165) is 22.4 Å². The lowest BCUT2D eigenvalue weighted by atomic mass is 10.1. The van der Waals surface area contributed by atoms with Crippen molar-refractivity contribution in [3.63, 3.8) is 0 Å². The van der Waals surface area contributed by atoms with Crippen molar-refractivity contribution in [3.05, 3.63) is 75.3 Å². The van der Waals surface area contributed by atoms with E-state index in [4.69, 9.17) is 12.2 Å². The number of carbonyl (C=O) groups is 2. The Labute approximate surface area is 180 Å². The van der Waals surface area contributed by atoms with Crippen LogP contribution in [0.4, 0.5) is 5.69 Å². The zero-order chi connectivity index (χ0) is 21.8. The first-order chi connectivity index (χ1) is 14.3. The molecule has 0 fully saturated rings. The van der Waals surface area contributed by atoms with Gasteiger partial charge in [0.1, 0.15) is 6.54 Å². The molecule has 2 amide bonds. The second kappa shape index (κ2) is 9.04. The Morgan fingerprint density at radius 1 is 1.00 bits per heavy atom. The molecule has 0 saturated carbocycles. The summed E-state index contributed by atoms with van der Waals surface area (Å²) in [6.07, 6.45) is 0. The average molecular weight is 424 g/mol. The lowest BCUT2D eigenvalue weighted by Crippen LogP contribution is -2.25. The molecule has 2 N–H and O–H groups in total. The molecule has 156 valence electrons. The molecule has 2 aromatic carbocycles. The van der Waals surface area contributed by atoms with E-state index < -0.39 is 0 Å². The first kappa shape index (κ1) is 21.4. The third-order valence-electron chi connectivity index (χ3n) is 4.97. The van der Waals surface area contributed by atoms with Crippen molar-refractivity contribution < 1.29 is 9.59 Å². The van der Waals surface area contributed by atoms with E-state index in [9.17, 15) is 9.59 Å². The molecule has 0 saturated heterocycles. The normalized spacial score (nSPS) is 10.7. The van der Waals surface area contributed by atoms with Crippen LogP contribution in [0.1, 0.15) is 32.9 Å². The monoisotopic (exact) mass is 423 g/mol. The van der Waals surface area contributed by atoms with Crippen molar-refractivity contribution in [2.75, 3.05) is 5.32 Å². The molecule has 0 aliphatic heterocycles. The van der Waals surface area contributed by atoms with Gasteiger partial charge in [-0.1, -0.05) is 36.4 Å². The maximum Gasteiger partial charge on any atom is 0.251 e. The molecule has 0 radical (unpaired) electrons. The summed E-state index contributed by atoms with van der Waals surface area (Å²) in [6.45, 7) is 5.99. The van der Waals surface area contributed by atoms with E-state index in [0.29, 0.717) is 16.2 Å². The summed E-state index contributed by atoms with van der Waals surface area (Å²) in [5.41, 5.74) is 4.30. The molecular formula is C22H25N5O2S. The quantitative estimate of drug-likeness (QED) is 0.595. The van der Waals surface area contributed by atoms with Crippen molar-refractivity contribution >= 4 is 29.7 Å². The van der Waals surface area contributed by atoms with Gasteiger partial charge in [-0.2, -0.15) is 5.10 Å². The van der Waals surface area contributed by atoms with E-state index in [1.54, 1.807) is 17.7 Å². The minimum atomic E-state index is -0.211. The van der Waals surface area contributed by atoms with Crippen molar-refractivity contribution in [2.45, 2.75) is 33.9 Å². The number of hydrogen-bond acceptors (Lipinski definition) is 4. The van der Waals surface area contributed by atoms with Crippen LogP contribution in [0.5, 0.6) is 0 Å². The SMILES string of the molecule is Cc1ccccc1C(=O)NCc1nn(CC(=O)Nc2c(C)cccc2C)c(=S)n1C. The first-order valence-corrected chi connectivity index (χ1v) is 10.0. The van der Waals surface area contributed by atoms with Gasteiger partial charge in [0.2, 0.25) is 5.91 Å². The van der Waals surface area contributed by atoms with E-state index in [2.05, 4.69) is 15.7 Å². The smallest absolute Gasteiger partial charge is 0.251 e. The molecule has 0 aliphatic rings. The first-order valence-electron chi connectivity index (χ1n) is 9.60. The highest BCUT2D eigenvalue weighted by Gasteiger charge is 2.14. The third-order valence-corrected chi connectivity index (χ3v) is 5.45. The number of carbonyl (C=O) groups excluding carboxylic acids is 2. The lowest BCUT2D eigenvalue weighted by Gasteiger charge is -2.11. The number of rotatable bonds is 6. The fraction of sp³-hybridized carbons (Fsp3) is 0.273. The summed E-state index contributed by atoms with van der Waals surface area (Å²) in [4.78, 5) is 25.0. The Morgan fingerprint density at radius 3 is 2.30 bits per heavy atom. The Kier molecular flexibility index (Phi) is 6.47. The van der Waals surface area contributed by atoms with E-state index >= 15 is 0 Å². The number of nitrogens with zero attached hydrogens (tertiary/aromatic N) is 3.